The number of carbonyl (C=O) groups excluding carboxylic acids is 1. The highest BCUT2D eigenvalue weighted by atomic mass is 16.2. The first-order chi connectivity index (χ1) is 12.0. The number of aliphatic imine (C=N–C) groups is 1. The van der Waals surface area contributed by atoms with E-state index in [0.717, 1.165) is 18.1 Å². The van der Waals surface area contributed by atoms with E-state index >= 15 is 0 Å². The van der Waals surface area contributed by atoms with Gasteiger partial charge in [0.2, 0.25) is 0 Å². The third-order valence-corrected chi connectivity index (χ3v) is 4.39. The average Bonchev–Trinajstić information content (AvgIpc) is 2.63. The monoisotopic (exact) mass is 346 g/mol. The van der Waals surface area contributed by atoms with E-state index in [9.17, 15) is 4.79 Å². The molecule has 0 aliphatic rings. The second-order valence-electron chi connectivity index (χ2n) is 6.62. The molecule has 5 nitrogen and oxygen atoms in total. The highest BCUT2D eigenvalue weighted by molar-refractivity contribution is 5.93. The minimum absolute atomic E-state index is 0.0228. The van der Waals surface area contributed by atoms with Crippen LogP contribution >= 0.6 is 0 Å². The van der Waals surface area contributed by atoms with Crippen LogP contribution in [-0.4, -0.2) is 44.5 Å². The van der Waals surface area contributed by atoms with Crippen molar-refractivity contribution in [3.8, 4) is 0 Å². The second kappa shape index (κ2) is 11.5. The third-order valence-electron chi connectivity index (χ3n) is 4.39. The topological polar surface area (TPSA) is 56.7 Å². The molecule has 1 rings (SSSR count). The number of amides is 1. The van der Waals surface area contributed by atoms with Crippen molar-refractivity contribution in [2.24, 2.45) is 10.9 Å². The summed E-state index contributed by atoms with van der Waals surface area (Å²) >= 11 is 0. The average molecular weight is 347 g/mol. The smallest absolute Gasteiger partial charge is 0.253 e. The summed E-state index contributed by atoms with van der Waals surface area (Å²) < 4.78 is 0. The van der Waals surface area contributed by atoms with Crippen LogP contribution in [0.25, 0.3) is 0 Å². The first kappa shape index (κ1) is 21.0. The van der Waals surface area contributed by atoms with Gasteiger partial charge in [0.25, 0.3) is 5.91 Å². The molecule has 1 unspecified atom stereocenters. The summed E-state index contributed by atoms with van der Waals surface area (Å²) in [5, 5.41) is 6.76. The highest BCUT2D eigenvalue weighted by Gasteiger charge is 2.08. The van der Waals surface area contributed by atoms with Crippen molar-refractivity contribution in [2.75, 3.05) is 27.7 Å². The molecule has 0 fully saturated rings. The Kier molecular flexibility index (Phi) is 9.66. The van der Waals surface area contributed by atoms with Crippen LogP contribution in [0.3, 0.4) is 0 Å². The second-order valence-corrected chi connectivity index (χ2v) is 6.62. The molecule has 0 saturated carbocycles. The molecule has 1 atom stereocenters. The van der Waals surface area contributed by atoms with Crippen molar-refractivity contribution in [3.05, 3.63) is 35.4 Å². The van der Waals surface area contributed by atoms with Gasteiger partial charge in [-0.2, -0.15) is 0 Å². The number of rotatable bonds is 9. The van der Waals surface area contributed by atoms with E-state index in [1.54, 1.807) is 26.0 Å². The molecule has 0 aliphatic carbocycles. The summed E-state index contributed by atoms with van der Waals surface area (Å²) in [5.41, 5.74) is 1.83. The van der Waals surface area contributed by atoms with E-state index in [1.807, 2.05) is 24.3 Å². The molecule has 140 valence electrons. The summed E-state index contributed by atoms with van der Waals surface area (Å²) in [6.07, 6.45) is 4.98. The number of hydrogen-bond acceptors (Lipinski definition) is 2. The molecule has 0 spiro atoms. The fraction of sp³-hybridized carbons (Fsp3) is 0.600. The van der Waals surface area contributed by atoms with Crippen LogP contribution in [0.1, 0.15) is 55.5 Å². The largest absolute Gasteiger partial charge is 0.356 e. The van der Waals surface area contributed by atoms with Crippen molar-refractivity contribution in [3.63, 3.8) is 0 Å². The Hall–Kier alpha value is -2.04. The molecular formula is C20H34N4O. The van der Waals surface area contributed by atoms with Gasteiger partial charge in [-0.05, 0) is 30.0 Å². The number of guanidine groups is 1. The maximum atomic E-state index is 11.9. The van der Waals surface area contributed by atoms with Crippen LogP contribution in [0.2, 0.25) is 0 Å². The Morgan fingerprint density at radius 2 is 1.84 bits per heavy atom. The number of nitrogens with one attached hydrogen (secondary N) is 2. The molecule has 1 aromatic carbocycles. The van der Waals surface area contributed by atoms with Gasteiger partial charge in [0.05, 0.1) is 0 Å². The van der Waals surface area contributed by atoms with Crippen LogP contribution in [0.4, 0.5) is 0 Å². The van der Waals surface area contributed by atoms with E-state index in [-0.39, 0.29) is 5.91 Å². The third kappa shape index (κ3) is 7.59. The van der Waals surface area contributed by atoms with Gasteiger partial charge in [-0.1, -0.05) is 45.2 Å². The number of unbranched alkanes of at least 4 members (excludes halogenated alkanes) is 1. The number of nitrogens with zero attached hydrogens (tertiary/aromatic N) is 2. The van der Waals surface area contributed by atoms with Crippen molar-refractivity contribution in [2.45, 2.75) is 46.1 Å². The van der Waals surface area contributed by atoms with E-state index in [4.69, 9.17) is 0 Å². The first-order valence-corrected chi connectivity index (χ1v) is 9.26. The van der Waals surface area contributed by atoms with Crippen molar-refractivity contribution < 1.29 is 4.79 Å². The molecule has 1 aromatic rings. The Balaban J connectivity index is 2.47. The standard InChI is InChI=1S/C20H34N4O/c1-6-8-9-16(7-2)14-22-20(21-3)23-15-17-10-12-18(13-11-17)19(25)24(4)5/h10-13,16H,6-9,14-15H2,1-5H3,(H2,21,22,23). The van der Waals surface area contributed by atoms with Crippen molar-refractivity contribution >= 4 is 11.9 Å². The summed E-state index contributed by atoms with van der Waals surface area (Å²) in [6, 6.07) is 7.70. The van der Waals surface area contributed by atoms with Crippen molar-refractivity contribution in [1.29, 1.82) is 0 Å². The van der Waals surface area contributed by atoms with Crippen LogP contribution in [0, 0.1) is 5.92 Å². The summed E-state index contributed by atoms with van der Waals surface area (Å²) in [4.78, 5) is 17.8. The molecule has 0 saturated heterocycles. The molecule has 1 amide bonds. The normalized spacial score (nSPS) is 12.6. The summed E-state index contributed by atoms with van der Waals surface area (Å²) in [5.74, 6) is 1.54. The maximum absolute atomic E-state index is 11.9. The van der Waals surface area contributed by atoms with Crippen molar-refractivity contribution in [1.82, 2.24) is 15.5 Å². The zero-order valence-electron chi connectivity index (χ0n) is 16.4. The fourth-order valence-electron chi connectivity index (χ4n) is 2.61. The lowest BCUT2D eigenvalue weighted by Crippen LogP contribution is -2.39. The maximum Gasteiger partial charge on any atom is 0.253 e. The molecule has 0 heterocycles. The SMILES string of the molecule is CCCCC(CC)CNC(=NC)NCc1ccc(C(=O)N(C)C)cc1. The van der Waals surface area contributed by atoms with E-state index in [2.05, 4.69) is 29.5 Å². The zero-order chi connectivity index (χ0) is 18.7. The zero-order valence-corrected chi connectivity index (χ0v) is 16.4. The van der Waals surface area contributed by atoms with Gasteiger partial charge in [0, 0.05) is 39.8 Å². The van der Waals surface area contributed by atoms with Crippen LogP contribution in [0.5, 0.6) is 0 Å². The Morgan fingerprint density at radius 3 is 2.36 bits per heavy atom. The van der Waals surface area contributed by atoms with Crippen LogP contribution in [0.15, 0.2) is 29.3 Å². The van der Waals surface area contributed by atoms with Crippen LogP contribution in [-0.2, 0) is 6.54 Å². The van der Waals surface area contributed by atoms with Crippen LogP contribution < -0.4 is 10.6 Å². The van der Waals surface area contributed by atoms with E-state index in [1.165, 1.54) is 25.7 Å². The Morgan fingerprint density at radius 1 is 1.16 bits per heavy atom. The molecule has 5 heteroatoms. The van der Waals surface area contributed by atoms with E-state index < -0.39 is 0 Å². The fourth-order valence-corrected chi connectivity index (χ4v) is 2.61. The molecular weight excluding hydrogens is 312 g/mol. The Bertz CT molecular complexity index is 537. The van der Waals surface area contributed by atoms with Gasteiger partial charge >= 0.3 is 0 Å². The van der Waals surface area contributed by atoms with Gasteiger partial charge < -0.3 is 15.5 Å². The Labute approximate surface area is 152 Å². The molecule has 0 aromatic heterocycles. The minimum atomic E-state index is 0.0228. The summed E-state index contributed by atoms with van der Waals surface area (Å²) in [6.45, 7) is 6.11. The van der Waals surface area contributed by atoms with Gasteiger partial charge in [0.1, 0.15) is 0 Å². The first-order valence-electron chi connectivity index (χ1n) is 9.26. The predicted octanol–water partition coefficient (Wildman–Crippen LogP) is 3.27. The van der Waals surface area contributed by atoms with E-state index in [0.29, 0.717) is 18.0 Å². The van der Waals surface area contributed by atoms with Gasteiger partial charge in [-0.25, -0.2) is 0 Å². The van der Waals surface area contributed by atoms with Gasteiger partial charge in [0.15, 0.2) is 5.96 Å². The minimum Gasteiger partial charge on any atom is -0.356 e. The quantitative estimate of drug-likeness (QED) is 0.533. The molecule has 0 radical (unpaired) electrons. The van der Waals surface area contributed by atoms with Gasteiger partial charge in [-0.3, -0.25) is 9.79 Å². The number of carbonyl (C=O) groups is 1. The predicted molar refractivity (Wildman–Crippen MR) is 106 cm³/mol. The number of benzene rings is 1. The molecule has 25 heavy (non-hydrogen) atoms. The number of hydrogen-bond donors (Lipinski definition) is 2. The summed E-state index contributed by atoms with van der Waals surface area (Å²) in [7, 11) is 5.32. The lowest BCUT2D eigenvalue weighted by Gasteiger charge is -2.18. The molecule has 0 bridgehead atoms. The molecule has 2 N–H and O–H groups in total. The lowest BCUT2D eigenvalue weighted by molar-refractivity contribution is 0.0827. The highest BCUT2D eigenvalue weighted by Crippen LogP contribution is 2.11. The lowest BCUT2D eigenvalue weighted by atomic mass is 9.99. The van der Waals surface area contributed by atoms with Gasteiger partial charge in [-0.15, -0.1) is 0 Å². The molecule has 0 aliphatic heterocycles.